The molecule has 128 valence electrons. The van der Waals surface area contributed by atoms with Gasteiger partial charge < -0.3 is 4.90 Å². The van der Waals surface area contributed by atoms with Crippen LogP contribution in [-0.2, 0) is 14.6 Å². The normalized spacial score (nSPS) is 19.7. The number of carbonyl (C=O) groups excluding carboxylic acids is 1. The van der Waals surface area contributed by atoms with Gasteiger partial charge in [0.25, 0.3) is 0 Å². The van der Waals surface area contributed by atoms with E-state index >= 15 is 0 Å². The summed E-state index contributed by atoms with van der Waals surface area (Å²) in [4.78, 5) is 15.0. The van der Waals surface area contributed by atoms with Crippen molar-refractivity contribution in [2.24, 2.45) is 0 Å². The van der Waals surface area contributed by atoms with E-state index in [9.17, 15) is 13.2 Å². The second-order valence-electron chi connectivity index (χ2n) is 5.51. The number of thioether (sulfide) groups is 1. The van der Waals surface area contributed by atoms with Crippen molar-refractivity contribution in [1.29, 1.82) is 0 Å². The lowest BCUT2D eigenvalue weighted by atomic mass is 10.2. The highest BCUT2D eigenvalue weighted by atomic mass is 35.5. The average Bonchev–Trinajstić information content (AvgIpc) is 2.85. The number of hydrogen-bond acceptors (Lipinski definition) is 4. The Bertz CT molecular complexity index is 679. The van der Waals surface area contributed by atoms with E-state index in [0.29, 0.717) is 23.0 Å². The van der Waals surface area contributed by atoms with Gasteiger partial charge in [-0.2, -0.15) is 0 Å². The smallest absolute Gasteiger partial charge is 0.233 e. The van der Waals surface area contributed by atoms with Crippen LogP contribution < -0.4 is 0 Å². The highest BCUT2D eigenvalue weighted by Gasteiger charge is 2.34. The molecule has 1 aliphatic heterocycles. The van der Waals surface area contributed by atoms with Crippen LogP contribution in [0.5, 0.6) is 0 Å². The molecule has 1 heterocycles. The predicted molar refractivity (Wildman–Crippen MR) is 96.2 cm³/mol. The van der Waals surface area contributed by atoms with Gasteiger partial charge in [-0.3, -0.25) is 4.79 Å². The molecule has 1 amide bonds. The Morgan fingerprint density at radius 3 is 2.74 bits per heavy atom. The maximum absolute atomic E-state index is 12.5. The van der Waals surface area contributed by atoms with E-state index in [4.69, 9.17) is 23.2 Å². The summed E-state index contributed by atoms with van der Waals surface area (Å²) in [6.45, 7) is 2.55. The lowest BCUT2D eigenvalue weighted by Gasteiger charge is -2.28. The maximum Gasteiger partial charge on any atom is 0.233 e. The molecule has 1 aliphatic rings. The molecule has 0 saturated carbocycles. The summed E-state index contributed by atoms with van der Waals surface area (Å²) in [6, 6.07) is 4.92. The summed E-state index contributed by atoms with van der Waals surface area (Å²) in [5.41, 5.74) is 0. The van der Waals surface area contributed by atoms with E-state index in [-0.39, 0.29) is 29.2 Å². The molecule has 0 aliphatic carbocycles. The molecule has 0 bridgehead atoms. The summed E-state index contributed by atoms with van der Waals surface area (Å²) >= 11 is 13.4. The van der Waals surface area contributed by atoms with Crippen LogP contribution in [0, 0.1) is 0 Å². The predicted octanol–water partition coefficient (Wildman–Crippen LogP) is 3.51. The monoisotopic (exact) mass is 395 g/mol. The molecule has 0 N–H and O–H groups in total. The van der Waals surface area contributed by atoms with E-state index in [1.807, 2.05) is 6.92 Å². The van der Waals surface area contributed by atoms with Crippen molar-refractivity contribution >= 4 is 50.7 Å². The second kappa shape index (κ2) is 8.10. The molecular formula is C15H19Cl2NO3S2. The molecule has 1 aromatic rings. The van der Waals surface area contributed by atoms with Crippen molar-refractivity contribution in [2.75, 3.05) is 23.8 Å². The number of hydrogen-bond donors (Lipinski definition) is 0. The molecule has 23 heavy (non-hydrogen) atoms. The number of benzene rings is 1. The van der Waals surface area contributed by atoms with Gasteiger partial charge in [-0.05, 0) is 31.0 Å². The second-order valence-corrected chi connectivity index (χ2v) is 9.60. The molecule has 4 nitrogen and oxygen atoms in total. The first-order chi connectivity index (χ1) is 10.8. The fourth-order valence-corrected chi connectivity index (χ4v) is 5.69. The van der Waals surface area contributed by atoms with Gasteiger partial charge >= 0.3 is 0 Å². The minimum absolute atomic E-state index is 0.0602. The fraction of sp³-hybridized carbons (Fsp3) is 0.533. The van der Waals surface area contributed by atoms with Crippen LogP contribution in [-0.4, -0.2) is 49.1 Å². The maximum atomic E-state index is 12.5. The molecule has 1 fully saturated rings. The highest BCUT2D eigenvalue weighted by Crippen LogP contribution is 2.30. The van der Waals surface area contributed by atoms with Crippen molar-refractivity contribution in [3.8, 4) is 0 Å². The van der Waals surface area contributed by atoms with Gasteiger partial charge in [0.2, 0.25) is 5.91 Å². The Labute approximate surface area is 151 Å². The summed E-state index contributed by atoms with van der Waals surface area (Å²) in [7, 11) is -3.01. The third kappa shape index (κ3) is 5.28. The number of carbonyl (C=O) groups is 1. The minimum Gasteiger partial charge on any atom is -0.338 e. The molecular weight excluding hydrogens is 377 g/mol. The summed E-state index contributed by atoms with van der Waals surface area (Å²) in [5, 5.41) is 1.12. The SMILES string of the molecule is CCCN(C(=O)CSc1cc(Cl)ccc1Cl)C1CCS(=O)(=O)C1. The third-order valence-electron chi connectivity index (χ3n) is 3.68. The quantitative estimate of drug-likeness (QED) is 0.691. The molecule has 0 aromatic heterocycles. The number of amides is 1. The van der Waals surface area contributed by atoms with Crippen LogP contribution in [0.1, 0.15) is 19.8 Å². The Kier molecular flexibility index (Phi) is 6.66. The van der Waals surface area contributed by atoms with Gasteiger partial charge in [0.15, 0.2) is 9.84 Å². The minimum atomic E-state index is -3.01. The van der Waals surface area contributed by atoms with Crippen molar-refractivity contribution in [3.05, 3.63) is 28.2 Å². The van der Waals surface area contributed by atoms with Crippen molar-refractivity contribution in [3.63, 3.8) is 0 Å². The molecule has 1 saturated heterocycles. The first-order valence-corrected chi connectivity index (χ1v) is 11.0. The van der Waals surface area contributed by atoms with Gasteiger partial charge in [0.1, 0.15) is 0 Å². The Hall–Kier alpha value is -0.430. The molecule has 1 aromatic carbocycles. The van der Waals surface area contributed by atoms with Crippen molar-refractivity contribution in [1.82, 2.24) is 4.90 Å². The molecule has 8 heteroatoms. The van der Waals surface area contributed by atoms with Gasteiger partial charge in [-0.15, -0.1) is 11.8 Å². The first-order valence-electron chi connectivity index (χ1n) is 7.40. The summed E-state index contributed by atoms with van der Waals surface area (Å²) < 4.78 is 23.3. The number of halogens is 2. The van der Waals surface area contributed by atoms with Crippen molar-refractivity contribution in [2.45, 2.75) is 30.7 Å². The van der Waals surface area contributed by atoms with E-state index in [0.717, 1.165) is 11.3 Å². The van der Waals surface area contributed by atoms with Gasteiger partial charge in [-0.1, -0.05) is 30.1 Å². The highest BCUT2D eigenvalue weighted by molar-refractivity contribution is 8.00. The zero-order chi connectivity index (χ0) is 17.0. The standard InChI is InChI=1S/C15H19Cl2NO3S2/c1-2-6-18(12-5-7-23(20,21)10-12)15(19)9-22-14-8-11(16)3-4-13(14)17/h3-4,8,12H,2,5-7,9-10H2,1H3. The van der Waals surface area contributed by atoms with Crippen LogP contribution >= 0.6 is 35.0 Å². The van der Waals surface area contributed by atoms with Crippen LogP contribution in [0.4, 0.5) is 0 Å². The van der Waals surface area contributed by atoms with E-state index in [1.54, 1.807) is 23.1 Å². The Balaban J connectivity index is 2.02. The lowest BCUT2D eigenvalue weighted by Crippen LogP contribution is -2.42. The van der Waals surface area contributed by atoms with Gasteiger partial charge in [0, 0.05) is 22.5 Å². The summed E-state index contributed by atoms with van der Waals surface area (Å²) in [6.07, 6.45) is 1.32. The number of sulfone groups is 1. The van der Waals surface area contributed by atoms with Crippen molar-refractivity contribution < 1.29 is 13.2 Å². The van der Waals surface area contributed by atoms with E-state index < -0.39 is 9.84 Å². The van der Waals surface area contributed by atoms with Crippen LogP contribution in [0.25, 0.3) is 0 Å². The fourth-order valence-electron chi connectivity index (χ4n) is 2.58. The van der Waals surface area contributed by atoms with Gasteiger partial charge in [-0.25, -0.2) is 8.42 Å². The Morgan fingerprint density at radius 2 is 2.13 bits per heavy atom. The largest absolute Gasteiger partial charge is 0.338 e. The molecule has 0 radical (unpaired) electrons. The van der Waals surface area contributed by atoms with Gasteiger partial charge in [0.05, 0.1) is 22.3 Å². The Morgan fingerprint density at radius 1 is 1.39 bits per heavy atom. The first kappa shape index (κ1) is 18.9. The zero-order valence-corrected chi connectivity index (χ0v) is 15.9. The van der Waals surface area contributed by atoms with E-state index in [1.165, 1.54) is 11.8 Å². The molecule has 2 rings (SSSR count). The van der Waals surface area contributed by atoms with E-state index in [2.05, 4.69) is 0 Å². The van der Waals surface area contributed by atoms with Crippen LogP contribution in [0.2, 0.25) is 10.0 Å². The average molecular weight is 396 g/mol. The third-order valence-corrected chi connectivity index (χ3v) is 7.15. The lowest BCUT2D eigenvalue weighted by molar-refractivity contribution is -0.130. The molecule has 1 unspecified atom stereocenters. The number of rotatable bonds is 6. The van der Waals surface area contributed by atoms with Crippen LogP contribution in [0.3, 0.4) is 0 Å². The zero-order valence-electron chi connectivity index (χ0n) is 12.8. The molecule has 1 atom stereocenters. The summed E-state index contributed by atoms with van der Waals surface area (Å²) in [5.74, 6) is 0.395. The topological polar surface area (TPSA) is 54.5 Å². The molecule has 0 spiro atoms. The number of nitrogens with zero attached hydrogens (tertiary/aromatic N) is 1. The van der Waals surface area contributed by atoms with Crippen LogP contribution in [0.15, 0.2) is 23.1 Å².